The van der Waals surface area contributed by atoms with Gasteiger partial charge in [-0.2, -0.15) is 0 Å². The van der Waals surface area contributed by atoms with Crippen LogP contribution in [0.15, 0.2) is 5.16 Å². The number of nitrogens with zero attached hydrogens (tertiary/aromatic N) is 1. The normalized spacial score (nSPS) is 13.4. The van der Waals surface area contributed by atoms with Crippen molar-refractivity contribution in [2.45, 2.75) is 58.6 Å². The van der Waals surface area contributed by atoms with Crippen molar-refractivity contribution in [2.24, 2.45) is 10.9 Å². The average Bonchev–Trinajstić information content (AvgIpc) is 2.10. The SMILES string of the molecule is C/C=N/OCCC(C)(C)OCCC(C)(C)N. The van der Waals surface area contributed by atoms with Crippen LogP contribution in [0.5, 0.6) is 0 Å². The Labute approximate surface area is 99.2 Å². The fourth-order valence-electron chi connectivity index (χ4n) is 1.08. The summed E-state index contributed by atoms with van der Waals surface area (Å²) in [6.45, 7) is 11.2. The van der Waals surface area contributed by atoms with Gasteiger partial charge in [0.25, 0.3) is 0 Å². The molecule has 0 aromatic carbocycles. The van der Waals surface area contributed by atoms with Crippen LogP contribution in [-0.2, 0) is 9.57 Å². The van der Waals surface area contributed by atoms with E-state index in [1.807, 2.05) is 20.8 Å². The summed E-state index contributed by atoms with van der Waals surface area (Å²) in [5.41, 5.74) is 5.53. The van der Waals surface area contributed by atoms with Crippen molar-refractivity contribution in [2.75, 3.05) is 13.2 Å². The molecule has 0 saturated heterocycles. The number of rotatable bonds is 8. The smallest absolute Gasteiger partial charge is 0.119 e. The molecule has 0 radical (unpaired) electrons. The summed E-state index contributed by atoms with van der Waals surface area (Å²) >= 11 is 0. The zero-order valence-electron chi connectivity index (χ0n) is 11.2. The van der Waals surface area contributed by atoms with Crippen molar-refractivity contribution in [3.05, 3.63) is 0 Å². The molecule has 0 aliphatic rings. The third-order valence-corrected chi connectivity index (χ3v) is 2.21. The lowest BCUT2D eigenvalue weighted by Crippen LogP contribution is -2.35. The number of oxime groups is 1. The summed E-state index contributed by atoms with van der Waals surface area (Å²) in [4.78, 5) is 5.03. The first-order valence-electron chi connectivity index (χ1n) is 5.80. The molecule has 16 heavy (non-hydrogen) atoms. The summed E-state index contributed by atoms with van der Waals surface area (Å²) in [6, 6.07) is 0. The molecule has 0 aromatic rings. The van der Waals surface area contributed by atoms with Crippen LogP contribution in [0.4, 0.5) is 0 Å². The van der Waals surface area contributed by atoms with Crippen LogP contribution < -0.4 is 5.73 Å². The average molecular weight is 230 g/mol. The second-order valence-electron chi connectivity index (χ2n) is 5.29. The molecule has 0 fully saturated rings. The largest absolute Gasteiger partial charge is 0.396 e. The van der Waals surface area contributed by atoms with Gasteiger partial charge in [-0.3, -0.25) is 0 Å². The van der Waals surface area contributed by atoms with Gasteiger partial charge in [0, 0.05) is 24.8 Å². The van der Waals surface area contributed by atoms with Crippen LogP contribution >= 0.6 is 0 Å². The molecule has 0 aliphatic carbocycles. The molecule has 0 atom stereocenters. The maximum atomic E-state index is 5.88. The molecule has 2 N–H and O–H groups in total. The zero-order chi connectivity index (χ0) is 12.7. The lowest BCUT2D eigenvalue weighted by Gasteiger charge is -2.27. The minimum absolute atomic E-state index is 0.168. The summed E-state index contributed by atoms with van der Waals surface area (Å²) in [7, 11) is 0. The van der Waals surface area contributed by atoms with E-state index in [2.05, 4.69) is 19.0 Å². The molecule has 0 aromatic heterocycles. The minimum atomic E-state index is -0.186. The molecular weight excluding hydrogens is 204 g/mol. The zero-order valence-corrected chi connectivity index (χ0v) is 11.2. The number of hydrogen-bond acceptors (Lipinski definition) is 4. The van der Waals surface area contributed by atoms with Crippen LogP contribution in [0, 0.1) is 0 Å². The lowest BCUT2D eigenvalue weighted by molar-refractivity contribution is -0.0448. The third-order valence-electron chi connectivity index (χ3n) is 2.21. The minimum Gasteiger partial charge on any atom is -0.396 e. The van der Waals surface area contributed by atoms with Crippen molar-refractivity contribution in [1.29, 1.82) is 0 Å². The Morgan fingerprint density at radius 1 is 1.12 bits per heavy atom. The van der Waals surface area contributed by atoms with Crippen molar-refractivity contribution in [3.8, 4) is 0 Å². The van der Waals surface area contributed by atoms with Crippen molar-refractivity contribution < 1.29 is 9.57 Å². The van der Waals surface area contributed by atoms with Crippen LogP contribution in [0.25, 0.3) is 0 Å². The molecule has 0 aliphatic heterocycles. The molecule has 0 unspecified atom stereocenters. The predicted octanol–water partition coefficient (Wildman–Crippen LogP) is 2.32. The van der Waals surface area contributed by atoms with Gasteiger partial charge in [0.1, 0.15) is 6.61 Å². The highest BCUT2D eigenvalue weighted by molar-refractivity contribution is 5.52. The number of ether oxygens (including phenoxy) is 1. The van der Waals surface area contributed by atoms with Gasteiger partial charge in [0.05, 0.1) is 5.60 Å². The Hall–Kier alpha value is -0.610. The molecule has 4 nitrogen and oxygen atoms in total. The van der Waals surface area contributed by atoms with Crippen LogP contribution in [0.1, 0.15) is 47.5 Å². The monoisotopic (exact) mass is 230 g/mol. The van der Waals surface area contributed by atoms with E-state index in [1.165, 1.54) is 0 Å². The maximum Gasteiger partial charge on any atom is 0.119 e. The van der Waals surface area contributed by atoms with Crippen LogP contribution in [-0.4, -0.2) is 30.6 Å². The Kier molecular flexibility index (Phi) is 6.60. The van der Waals surface area contributed by atoms with Crippen molar-refractivity contribution in [3.63, 3.8) is 0 Å². The highest BCUT2D eigenvalue weighted by Crippen LogP contribution is 2.16. The second kappa shape index (κ2) is 6.86. The first-order valence-corrected chi connectivity index (χ1v) is 5.80. The van der Waals surface area contributed by atoms with E-state index in [-0.39, 0.29) is 11.1 Å². The fourth-order valence-corrected chi connectivity index (χ4v) is 1.08. The first-order chi connectivity index (χ1) is 7.27. The van der Waals surface area contributed by atoms with Crippen LogP contribution in [0.2, 0.25) is 0 Å². The van der Waals surface area contributed by atoms with E-state index < -0.39 is 0 Å². The number of hydrogen-bond donors (Lipinski definition) is 1. The van der Waals surface area contributed by atoms with Gasteiger partial charge in [0.15, 0.2) is 0 Å². The summed E-state index contributed by atoms with van der Waals surface area (Å²) < 4.78 is 5.77. The van der Waals surface area contributed by atoms with Gasteiger partial charge >= 0.3 is 0 Å². The standard InChI is InChI=1S/C12H26N2O2/c1-6-14-16-10-8-12(4,5)15-9-7-11(2,3)13/h6H,7-10,13H2,1-5H3/b14-6+. The highest BCUT2D eigenvalue weighted by Gasteiger charge is 2.20. The first kappa shape index (κ1) is 15.4. The van der Waals surface area contributed by atoms with E-state index >= 15 is 0 Å². The molecule has 0 rings (SSSR count). The Morgan fingerprint density at radius 2 is 1.75 bits per heavy atom. The van der Waals surface area contributed by atoms with Gasteiger partial charge in [-0.25, -0.2) is 0 Å². The molecule has 0 spiro atoms. The Morgan fingerprint density at radius 3 is 2.25 bits per heavy atom. The van der Waals surface area contributed by atoms with Gasteiger partial charge in [0.2, 0.25) is 0 Å². The van der Waals surface area contributed by atoms with Gasteiger partial charge in [-0.15, -0.1) is 0 Å². The quantitative estimate of drug-likeness (QED) is 0.395. The second-order valence-corrected chi connectivity index (χ2v) is 5.29. The predicted molar refractivity (Wildman–Crippen MR) is 67.6 cm³/mol. The van der Waals surface area contributed by atoms with Crippen molar-refractivity contribution >= 4 is 6.21 Å². The Balaban J connectivity index is 3.69. The molecule has 0 bridgehead atoms. The van der Waals surface area contributed by atoms with Gasteiger partial charge < -0.3 is 15.3 Å². The molecule has 0 amide bonds. The molecule has 0 heterocycles. The maximum absolute atomic E-state index is 5.88. The van der Waals surface area contributed by atoms with Crippen LogP contribution in [0.3, 0.4) is 0 Å². The number of nitrogens with two attached hydrogens (primary N) is 1. The Bertz CT molecular complexity index is 208. The molecule has 4 heteroatoms. The van der Waals surface area contributed by atoms with Crippen molar-refractivity contribution in [1.82, 2.24) is 0 Å². The summed E-state index contributed by atoms with van der Waals surface area (Å²) in [5.74, 6) is 0. The highest BCUT2D eigenvalue weighted by atomic mass is 16.6. The van der Waals surface area contributed by atoms with E-state index in [4.69, 9.17) is 15.3 Å². The van der Waals surface area contributed by atoms with E-state index in [1.54, 1.807) is 6.21 Å². The fraction of sp³-hybridized carbons (Fsp3) is 0.917. The van der Waals surface area contributed by atoms with E-state index in [9.17, 15) is 0 Å². The lowest BCUT2D eigenvalue weighted by atomic mass is 10.0. The molecule has 96 valence electrons. The topological polar surface area (TPSA) is 56.8 Å². The molecule has 0 saturated carbocycles. The summed E-state index contributed by atoms with van der Waals surface area (Å²) in [6.07, 6.45) is 3.30. The van der Waals surface area contributed by atoms with Gasteiger partial charge in [-0.05, 0) is 41.0 Å². The van der Waals surface area contributed by atoms with E-state index in [0.29, 0.717) is 13.2 Å². The molecular formula is C12H26N2O2. The van der Waals surface area contributed by atoms with Gasteiger partial charge in [-0.1, -0.05) is 5.16 Å². The third kappa shape index (κ3) is 9.93. The van der Waals surface area contributed by atoms with E-state index in [0.717, 1.165) is 12.8 Å². The summed E-state index contributed by atoms with van der Waals surface area (Å²) in [5, 5.41) is 3.69.